The maximum absolute atomic E-state index is 12.5. The van der Waals surface area contributed by atoms with Gasteiger partial charge in [-0.15, -0.1) is 11.3 Å². The SMILES string of the molecule is CCOC(=O)c1c(NC(=O)COC(=O)c2ccccc2C)sc2c1CC[C@@H](C)C2. The van der Waals surface area contributed by atoms with Crippen molar-refractivity contribution in [3.63, 3.8) is 0 Å². The molecule has 2 aromatic rings. The Labute approximate surface area is 174 Å². The first kappa shape index (κ1) is 21.0. The summed E-state index contributed by atoms with van der Waals surface area (Å²) < 4.78 is 10.3. The Morgan fingerprint density at radius 2 is 1.93 bits per heavy atom. The van der Waals surface area contributed by atoms with Crippen LogP contribution in [0.4, 0.5) is 5.00 Å². The molecule has 0 saturated carbocycles. The molecule has 0 fully saturated rings. The monoisotopic (exact) mass is 415 g/mol. The van der Waals surface area contributed by atoms with Crippen LogP contribution in [0.15, 0.2) is 24.3 Å². The number of hydrogen-bond acceptors (Lipinski definition) is 6. The summed E-state index contributed by atoms with van der Waals surface area (Å²) in [7, 11) is 0. The van der Waals surface area contributed by atoms with E-state index in [1.54, 1.807) is 32.0 Å². The molecule has 0 spiro atoms. The van der Waals surface area contributed by atoms with E-state index in [1.807, 2.05) is 6.07 Å². The summed E-state index contributed by atoms with van der Waals surface area (Å²) >= 11 is 1.41. The van der Waals surface area contributed by atoms with Crippen molar-refractivity contribution in [1.82, 2.24) is 0 Å². The molecule has 1 atom stereocenters. The fourth-order valence-electron chi connectivity index (χ4n) is 3.43. The Balaban J connectivity index is 1.72. The number of nitrogens with one attached hydrogen (secondary N) is 1. The van der Waals surface area contributed by atoms with Crippen molar-refractivity contribution in [2.24, 2.45) is 5.92 Å². The highest BCUT2D eigenvalue weighted by molar-refractivity contribution is 7.17. The molecule has 3 rings (SSSR count). The van der Waals surface area contributed by atoms with Crippen LogP contribution in [-0.2, 0) is 27.1 Å². The number of esters is 2. The number of fused-ring (bicyclic) bond motifs is 1. The molecular formula is C22H25NO5S. The number of thiophene rings is 1. The second-order valence-corrected chi connectivity index (χ2v) is 8.32. The van der Waals surface area contributed by atoms with Gasteiger partial charge in [0.15, 0.2) is 6.61 Å². The predicted molar refractivity (Wildman–Crippen MR) is 112 cm³/mol. The Morgan fingerprint density at radius 3 is 2.66 bits per heavy atom. The smallest absolute Gasteiger partial charge is 0.341 e. The molecule has 0 bridgehead atoms. The molecule has 1 aromatic heterocycles. The Bertz CT molecular complexity index is 933. The molecule has 1 heterocycles. The molecule has 1 aliphatic carbocycles. The van der Waals surface area contributed by atoms with Crippen LogP contribution in [0.2, 0.25) is 0 Å². The zero-order valence-electron chi connectivity index (χ0n) is 16.9. The van der Waals surface area contributed by atoms with Gasteiger partial charge in [-0.1, -0.05) is 25.1 Å². The van der Waals surface area contributed by atoms with Gasteiger partial charge >= 0.3 is 11.9 Å². The first-order valence-electron chi connectivity index (χ1n) is 9.75. The van der Waals surface area contributed by atoms with E-state index in [9.17, 15) is 14.4 Å². The molecule has 0 radical (unpaired) electrons. The van der Waals surface area contributed by atoms with Gasteiger partial charge in [-0.05, 0) is 56.2 Å². The summed E-state index contributed by atoms with van der Waals surface area (Å²) in [5.74, 6) is -0.922. The topological polar surface area (TPSA) is 81.7 Å². The summed E-state index contributed by atoms with van der Waals surface area (Å²) in [5.41, 5.74) is 2.62. The maximum Gasteiger partial charge on any atom is 0.341 e. The number of anilines is 1. The number of aryl methyl sites for hydroxylation is 1. The van der Waals surface area contributed by atoms with E-state index >= 15 is 0 Å². The molecule has 0 aliphatic heterocycles. The van der Waals surface area contributed by atoms with E-state index in [0.29, 0.717) is 22.0 Å². The van der Waals surface area contributed by atoms with E-state index in [4.69, 9.17) is 9.47 Å². The molecule has 0 unspecified atom stereocenters. The fourth-order valence-corrected chi connectivity index (χ4v) is 4.85. The van der Waals surface area contributed by atoms with Gasteiger partial charge in [0.05, 0.1) is 17.7 Å². The lowest BCUT2D eigenvalue weighted by atomic mass is 9.88. The van der Waals surface area contributed by atoms with Gasteiger partial charge in [-0.3, -0.25) is 4.79 Å². The Morgan fingerprint density at radius 1 is 1.17 bits per heavy atom. The molecule has 0 saturated heterocycles. The minimum absolute atomic E-state index is 0.265. The van der Waals surface area contributed by atoms with Crippen LogP contribution in [0.5, 0.6) is 0 Å². The summed E-state index contributed by atoms with van der Waals surface area (Å²) in [5, 5.41) is 3.22. The second kappa shape index (κ2) is 9.22. The standard InChI is InChI=1S/C22H25NO5S/c1-4-27-22(26)19-16-10-9-13(2)11-17(16)29-20(19)23-18(24)12-28-21(25)15-8-6-5-7-14(15)3/h5-8,13H,4,9-12H2,1-3H3,(H,23,24)/t13-/m1/s1. The van der Waals surface area contributed by atoms with Gasteiger partial charge < -0.3 is 14.8 Å². The van der Waals surface area contributed by atoms with E-state index in [2.05, 4.69) is 12.2 Å². The van der Waals surface area contributed by atoms with Gasteiger partial charge in [0, 0.05) is 4.88 Å². The van der Waals surface area contributed by atoms with Gasteiger partial charge in [-0.25, -0.2) is 9.59 Å². The summed E-state index contributed by atoms with van der Waals surface area (Å²) in [6.07, 6.45) is 2.67. The molecule has 29 heavy (non-hydrogen) atoms. The average molecular weight is 416 g/mol. The van der Waals surface area contributed by atoms with Crippen LogP contribution in [0.1, 0.15) is 57.0 Å². The van der Waals surface area contributed by atoms with E-state index < -0.39 is 24.5 Å². The van der Waals surface area contributed by atoms with Crippen molar-refractivity contribution >= 4 is 34.2 Å². The number of rotatable bonds is 6. The van der Waals surface area contributed by atoms with Crippen molar-refractivity contribution in [2.75, 3.05) is 18.5 Å². The minimum atomic E-state index is -0.553. The van der Waals surface area contributed by atoms with Crippen LogP contribution in [-0.4, -0.2) is 31.1 Å². The van der Waals surface area contributed by atoms with Crippen molar-refractivity contribution < 1.29 is 23.9 Å². The van der Waals surface area contributed by atoms with Gasteiger partial charge in [0.2, 0.25) is 0 Å². The van der Waals surface area contributed by atoms with E-state index in [1.165, 1.54) is 11.3 Å². The third kappa shape index (κ3) is 4.85. The molecule has 7 heteroatoms. The zero-order valence-corrected chi connectivity index (χ0v) is 17.7. The van der Waals surface area contributed by atoms with E-state index in [0.717, 1.165) is 35.3 Å². The van der Waals surface area contributed by atoms with Crippen molar-refractivity contribution in [3.8, 4) is 0 Å². The highest BCUT2D eigenvalue weighted by atomic mass is 32.1. The summed E-state index contributed by atoms with van der Waals surface area (Å²) in [6.45, 7) is 5.58. The number of benzene rings is 1. The lowest BCUT2D eigenvalue weighted by Crippen LogP contribution is -2.22. The molecule has 1 amide bonds. The number of carbonyl (C=O) groups is 3. The number of hydrogen-bond donors (Lipinski definition) is 1. The third-order valence-corrected chi connectivity index (χ3v) is 6.11. The third-order valence-electron chi connectivity index (χ3n) is 4.94. The zero-order chi connectivity index (χ0) is 21.0. The second-order valence-electron chi connectivity index (χ2n) is 7.22. The molecule has 1 N–H and O–H groups in total. The Hall–Kier alpha value is -2.67. The number of ether oxygens (including phenoxy) is 2. The fraction of sp³-hybridized carbons (Fsp3) is 0.409. The molecular weight excluding hydrogens is 390 g/mol. The first-order chi connectivity index (χ1) is 13.9. The van der Waals surface area contributed by atoms with Crippen LogP contribution in [0, 0.1) is 12.8 Å². The quantitative estimate of drug-likeness (QED) is 0.717. The minimum Gasteiger partial charge on any atom is -0.462 e. The highest BCUT2D eigenvalue weighted by Gasteiger charge is 2.29. The normalized spacial score (nSPS) is 15.3. The predicted octanol–water partition coefficient (Wildman–Crippen LogP) is 4.15. The summed E-state index contributed by atoms with van der Waals surface area (Å²) in [4.78, 5) is 38.2. The highest BCUT2D eigenvalue weighted by Crippen LogP contribution is 2.40. The first-order valence-corrected chi connectivity index (χ1v) is 10.6. The van der Waals surface area contributed by atoms with Crippen molar-refractivity contribution in [3.05, 3.63) is 51.4 Å². The molecule has 154 valence electrons. The van der Waals surface area contributed by atoms with Crippen LogP contribution < -0.4 is 5.32 Å². The lowest BCUT2D eigenvalue weighted by molar-refractivity contribution is -0.119. The van der Waals surface area contributed by atoms with Crippen molar-refractivity contribution in [1.29, 1.82) is 0 Å². The van der Waals surface area contributed by atoms with Crippen LogP contribution in [0.3, 0.4) is 0 Å². The van der Waals surface area contributed by atoms with E-state index in [-0.39, 0.29) is 6.61 Å². The van der Waals surface area contributed by atoms with Crippen LogP contribution >= 0.6 is 11.3 Å². The van der Waals surface area contributed by atoms with Gasteiger partial charge in [0.1, 0.15) is 5.00 Å². The van der Waals surface area contributed by atoms with Crippen molar-refractivity contribution in [2.45, 2.75) is 40.0 Å². The largest absolute Gasteiger partial charge is 0.462 e. The average Bonchev–Trinajstić information content (AvgIpc) is 3.03. The number of carbonyl (C=O) groups excluding carboxylic acids is 3. The Kier molecular flexibility index (Phi) is 6.69. The molecule has 6 nitrogen and oxygen atoms in total. The maximum atomic E-state index is 12.5. The molecule has 1 aromatic carbocycles. The molecule has 1 aliphatic rings. The van der Waals surface area contributed by atoms with Gasteiger partial charge in [-0.2, -0.15) is 0 Å². The number of amides is 1. The summed E-state index contributed by atoms with van der Waals surface area (Å²) in [6, 6.07) is 7.03. The van der Waals surface area contributed by atoms with Gasteiger partial charge in [0.25, 0.3) is 5.91 Å². The van der Waals surface area contributed by atoms with Crippen LogP contribution in [0.25, 0.3) is 0 Å². The lowest BCUT2D eigenvalue weighted by Gasteiger charge is -2.18.